The molecule has 0 bridgehead atoms. The molecule has 1 heterocycles. The Morgan fingerprint density at radius 3 is 2.83 bits per heavy atom. The summed E-state index contributed by atoms with van der Waals surface area (Å²) in [6.45, 7) is 4.92. The molecule has 23 heavy (non-hydrogen) atoms. The van der Waals surface area contributed by atoms with Crippen LogP contribution in [-0.4, -0.2) is 55.2 Å². The van der Waals surface area contributed by atoms with Crippen LogP contribution in [0.4, 0.5) is 5.69 Å². The molecule has 0 saturated carbocycles. The average Bonchev–Trinajstić information content (AvgIpc) is 2.93. The normalized spacial score (nSPS) is 17.5. The number of anilines is 1. The molecular formula is C17H24N2O4. The molecule has 126 valence electrons. The molecule has 1 saturated heterocycles. The van der Waals surface area contributed by atoms with Crippen LogP contribution in [0, 0.1) is 12.8 Å². The van der Waals surface area contributed by atoms with Gasteiger partial charge in [-0.1, -0.05) is 6.07 Å². The fourth-order valence-electron chi connectivity index (χ4n) is 2.92. The van der Waals surface area contributed by atoms with E-state index >= 15 is 0 Å². The molecule has 1 aromatic rings. The van der Waals surface area contributed by atoms with Crippen molar-refractivity contribution in [3.8, 4) is 5.75 Å². The minimum atomic E-state index is -0.376. The van der Waals surface area contributed by atoms with Gasteiger partial charge in [0.25, 0.3) is 0 Å². The topological polar surface area (TPSA) is 70.1 Å². The third-order valence-electron chi connectivity index (χ3n) is 4.16. The van der Waals surface area contributed by atoms with E-state index < -0.39 is 0 Å². The van der Waals surface area contributed by atoms with Crippen LogP contribution in [-0.2, 0) is 9.59 Å². The van der Waals surface area contributed by atoms with Gasteiger partial charge in [0.05, 0.1) is 25.3 Å². The van der Waals surface area contributed by atoms with Gasteiger partial charge >= 0.3 is 0 Å². The second kappa shape index (κ2) is 7.46. The van der Waals surface area contributed by atoms with Crippen molar-refractivity contribution in [1.82, 2.24) is 4.90 Å². The summed E-state index contributed by atoms with van der Waals surface area (Å²) in [5.41, 5.74) is 1.73. The summed E-state index contributed by atoms with van der Waals surface area (Å²) in [4.78, 5) is 28.1. The Morgan fingerprint density at radius 2 is 2.22 bits per heavy atom. The second-order valence-corrected chi connectivity index (χ2v) is 5.72. The Balaban J connectivity index is 2.20. The molecular weight excluding hydrogens is 296 g/mol. The van der Waals surface area contributed by atoms with Crippen molar-refractivity contribution in [3.05, 3.63) is 23.8 Å². The maximum atomic E-state index is 12.5. The molecule has 1 aliphatic rings. The number of aryl methyl sites for hydroxylation is 1. The Morgan fingerprint density at radius 1 is 1.48 bits per heavy atom. The molecule has 2 rings (SSSR count). The summed E-state index contributed by atoms with van der Waals surface area (Å²) in [6, 6.07) is 5.65. The fourth-order valence-corrected chi connectivity index (χ4v) is 2.92. The molecule has 1 atom stereocenters. The number of hydrogen-bond acceptors (Lipinski definition) is 4. The number of ether oxygens (including phenoxy) is 1. The summed E-state index contributed by atoms with van der Waals surface area (Å²) in [7, 11) is 1.57. The van der Waals surface area contributed by atoms with Gasteiger partial charge in [0.15, 0.2) is 0 Å². The minimum Gasteiger partial charge on any atom is -0.495 e. The van der Waals surface area contributed by atoms with Crippen molar-refractivity contribution >= 4 is 17.5 Å². The number of likely N-dealkylation sites (N-methyl/N-ethyl adjacent to an activating group) is 1. The van der Waals surface area contributed by atoms with Gasteiger partial charge in [-0.2, -0.15) is 0 Å². The van der Waals surface area contributed by atoms with Gasteiger partial charge in [-0.25, -0.2) is 0 Å². The third-order valence-corrected chi connectivity index (χ3v) is 4.16. The summed E-state index contributed by atoms with van der Waals surface area (Å²) in [6.07, 6.45) is 0.192. The molecule has 6 heteroatoms. The van der Waals surface area contributed by atoms with Crippen LogP contribution in [0.1, 0.15) is 18.9 Å². The van der Waals surface area contributed by atoms with E-state index in [-0.39, 0.29) is 30.8 Å². The zero-order chi connectivity index (χ0) is 17.0. The maximum absolute atomic E-state index is 12.5. The number of benzene rings is 1. The lowest BCUT2D eigenvalue weighted by atomic mass is 10.1. The second-order valence-electron chi connectivity index (χ2n) is 5.72. The molecule has 0 radical (unpaired) electrons. The lowest BCUT2D eigenvalue weighted by Crippen LogP contribution is -2.39. The van der Waals surface area contributed by atoms with Crippen molar-refractivity contribution in [2.75, 3.05) is 38.3 Å². The Labute approximate surface area is 136 Å². The zero-order valence-corrected chi connectivity index (χ0v) is 13.9. The van der Waals surface area contributed by atoms with E-state index in [0.29, 0.717) is 31.1 Å². The first-order valence-corrected chi connectivity index (χ1v) is 7.86. The van der Waals surface area contributed by atoms with Gasteiger partial charge in [-0.15, -0.1) is 0 Å². The van der Waals surface area contributed by atoms with Crippen LogP contribution in [0.25, 0.3) is 0 Å². The summed E-state index contributed by atoms with van der Waals surface area (Å²) in [5.74, 6) is 0.0929. The summed E-state index contributed by atoms with van der Waals surface area (Å²) in [5, 5.41) is 9.05. The Hall–Kier alpha value is -2.08. The number of nitrogens with zero attached hydrogens (tertiary/aromatic N) is 2. The first kappa shape index (κ1) is 17.3. The highest BCUT2D eigenvalue weighted by atomic mass is 16.5. The van der Waals surface area contributed by atoms with E-state index in [4.69, 9.17) is 9.84 Å². The zero-order valence-electron chi connectivity index (χ0n) is 13.9. The lowest BCUT2D eigenvalue weighted by molar-refractivity contribution is -0.136. The molecule has 1 unspecified atom stereocenters. The van der Waals surface area contributed by atoms with Crippen molar-refractivity contribution in [3.63, 3.8) is 0 Å². The molecule has 0 aliphatic carbocycles. The van der Waals surface area contributed by atoms with Gasteiger partial charge in [0.1, 0.15) is 5.75 Å². The molecule has 1 aliphatic heterocycles. The summed E-state index contributed by atoms with van der Waals surface area (Å²) >= 11 is 0. The first-order valence-electron chi connectivity index (χ1n) is 7.86. The van der Waals surface area contributed by atoms with Crippen LogP contribution in [0.15, 0.2) is 18.2 Å². The van der Waals surface area contributed by atoms with Crippen LogP contribution in [0.2, 0.25) is 0 Å². The summed E-state index contributed by atoms with van der Waals surface area (Å²) < 4.78 is 5.34. The van der Waals surface area contributed by atoms with Gasteiger partial charge in [-0.05, 0) is 31.5 Å². The van der Waals surface area contributed by atoms with E-state index in [1.165, 1.54) is 0 Å². The van der Waals surface area contributed by atoms with Gasteiger partial charge < -0.3 is 19.6 Å². The highest BCUT2D eigenvalue weighted by Gasteiger charge is 2.37. The van der Waals surface area contributed by atoms with E-state index in [9.17, 15) is 9.59 Å². The predicted octanol–water partition coefficient (Wildman–Crippen LogP) is 1.20. The highest BCUT2D eigenvalue weighted by Crippen LogP contribution is 2.34. The van der Waals surface area contributed by atoms with Crippen molar-refractivity contribution in [1.29, 1.82) is 0 Å². The first-order chi connectivity index (χ1) is 11.0. The molecule has 2 amide bonds. The van der Waals surface area contributed by atoms with Crippen LogP contribution in [0.5, 0.6) is 5.75 Å². The van der Waals surface area contributed by atoms with Crippen LogP contribution < -0.4 is 9.64 Å². The number of hydrogen-bond donors (Lipinski definition) is 1. The average molecular weight is 320 g/mol. The van der Waals surface area contributed by atoms with Gasteiger partial charge in [0.2, 0.25) is 11.8 Å². The van der Waals surface area contributed by atoms with Crippen molar-refractivity contribution in [2.24, 2.45) is 5.92 Å². The Kier molecular flexibility index (Phi) is 5.60. The number of amides is 2. The number of carbonyl (C=O) groups is 2. The van der Waals surface area contributed by atoms with E-state index in [0.717, 1.165) is 5.56 Å². The quantitative estimate of drug-likeness (QED) is 0.855. The molecule has 1 aromatic carbocycles. The predicted molar refractivity (Wildman–Crippen MR) is 87.5 cm³/mol. The molecule has 0 spiro atoms. The number of rotatable bonds is 6. The van der Waals surface area contributed by atoms with Gasteiger partial charge in [0, 0.05) is 26.1 Å². The lowest BCUT2D eigenvalue weighted by Gasteiger charge is -2.24. The number of aliphatic hydroxyl groups excluding tert-OH is 1. The van der Waals surface area contributed by atoms with Crippen LogP contribution in [0.3, 0.4) is 0 Å². The maximum Gasteiger partial charge on any atom is 0.228 e. The standard InChI is InChI=1S/C17H24N2O4/c1-4-18(7-8-20)17(22)13-10-16(21)19(11-13)14-9-12(2)5-6-15(14)23-3/h5-6,9,13,20H,4,7-8,10-11H2,1-3H3. The SMILES string of the molecule is CCN(CCO)C(=O)C1CC(=O)N(c2cc(C)ccc2OC)C1. The molecule has 1 fully saturated rings. The highest BCUT2D eigenvalue weighted by molar-refractivity contribution is 6.01. The monoisotopic (exact) mass is 320 g/mol. The largest absolute Gasteiger partial charge is 0.495 e. The fraction of sp³-hybridized carbons (Fsp3) is 0.529. The number of carbonyl (C=O) groups excluding carboxylic acids is 2. The van der Waals surface area contributed by atoms with E-state index in [1.807, 2.05) is 32.0 Å². The molecule has 0 aromatic heterocycles. The van der Waals surface area contributed by atoms with Gasteiger partial charge in [-0.3, -0.25) is 9.59 Å². The van der Waals surface area contributed by atoms with Crippen molar-refractivity contribution in [2.45, 2.75) is 20.3 Å². The third kappa shape index (κ3) is 3.64. The number of aliphatic hydroxyl groups is 1. The van der Waals surface area contributed by atoms with Crippen LogP contribution >= 0.6 is 0 Å². The van der Waals surface area contributed by atoms with E-state index in [2.05, 4.69) is 0 Å². The Bertz CT molecular complexity index is 588. The van der Waals surface area contributed by atoms with E-state index in [1.54, 1.807) is 16.9 Å². The minimum absolute atomic E-state index is 0.0737. The van der Waals surface area contributed by atoms with Crippen molar-refractivity contribution < 1.29 is 19.4 Å². The number of methoxy groups -OCH3 is 1. The smallest absolute Gasteiger partial charge is 0.228 e. The molecule has 1 N–H and O–H groups in total. The molecule has 6 nitrogen and oxygen atoms in total.